The summed E-state index contributed by atoms with van der Waals surface area (Å²) in [7, 11) is -7.44. The number of rotatable bonds is 8. The third-order valence-corrected chi connectivity index (χ3v) is 9.64. The molecule has 4 aromatic rings. The van der Waals surface area contributed by atoms with Gasteiger partial charge in [-0.1, -0.05) is 18.2 Å². The van der Waals surface area contributed by atoms with Gasteiger partial charge in [-0.05, 0) is 63.9 Å². The number of pyridine rings is 1. The highest BCUT2D eigenvalue weighted by atomic mass is 32.2. The Bertz CT molecular complexity index is 1670. The van der Waals surface area contributed by atoms with Gasteiger partial charge in [0.25, 0.3) is 10.0 Å². The van der Waals surface area contributed by atoms with Crippen LogP contribution >= 0.6 is 0 Å². The van der Waals surface area contributed by atoms with Crippen molar-refractivity contribution in [2.45, 2.75) is 43.2 Å². The molecule has 0 saturated carbocycles. The second-order valence-electron chi connectivity index (χ2n) is 10.4. The summed E-state index contributed by atoms with van der Waals surface area (Å²) in [5, 5.41) is 0.530. The number of hydrogen-bond donors (Lipinski definition) is 2. The molecule has 3 aromatic heterocycles. The van der Waals surface area contributed by atoms with Crippen LogP contribution in [0.2, 0.25) is 0 Å². The summed E-state index contributed by atoms with van der Waals surface area (Å²) in [5.74, 6) is 0.366. The molecular formula is C25H31FN6O4S2. The van der Waals surface area contributed by atoms with E-state index in [4.69, 9.17) is 4.98 Å². The van der Waals surface area contributed by atoms with Crippen LogP contribution in [-0.2, 0) is 20.0 Å². The van der Waals surface area contributed by atoms with Gasteiger partial charge in [-0.3, -0.25) is 4.90 Å². The average molecular weight is 563 g/mol. The van der Waals surface area contributed by atoms with Crippen LogP contribution < -0.4 is 4.72 Å². The predicted molar refractivity (Wildman–Crippen MR) is 143 cm³/mol. The number of aromatic nitrogens is 4. The van der Waals surface area contributed by atoms with E-state index in [1.807, 2.05) is 13.8 Å². The van der Waals surface area contributed by atoms with Crippen molar-refractivity contribution in [3.63, 3.8) is 0 Å². The molecule has 10 nitrogen and oxygen atoms in total. The first-order valence-electron chi connectivity index (χ1n) is 12.4. The molecule has 1 aliphatic rings. The van der Waals surface area contributed by atoms with Crippen LogP contribution in [0.1, 0.15) is 38.6 Å². The molecule has 13 heteroatoms. The van der Waals surface area contributed by atoms with Gasteiger partial charge in [0, 0.05) is 17.1 Å². The van der Waals surface area contributed by atoms with Crippen LogP contribution in [0.15, 0.2) is 53.7 Å². The molecule has 1 saturated heterocycles. The van der Waals surface area contributed by atoms with Crippen molar-refractivity contribution in [2.24, 2.45) is 5.92 Å². The number of hydrogen-bond acceptors (Lipinski definition) is 7. The highest BCUT2D eigenvalue weighted by Crippen LogP contribution is 2.34. The standard InChI is InChI=1S/C25H31FN6O4S2/c1-25(2,16-26)31-12-9-17(10-13-31)21(30-37(3,33)34)23-28-20-15-27-24-19(22(20)29-23)11-14-32(24)38(35,36)18-7-5-4-6-8-18/h4-8,11,14-15,17,21,30H,9-10,12-13,16H2,1-3H3,(H,28,29). The third-order valence-electron chi connectivity index (χ3n) is 7.28. The number of likely N-dealkylation sites (tertiary alicyclic amines) is 1. The van der Waals surface area contributed by atoms with Gasteiger partial charge in [-0.2, -0.15) is 0 Å². The van der Waals surface area contributed by atoms with E-state index in [-0.39, 0.29) is 16.5 Å². The van der Waals surface area contributed by atoms with Crippen molar-refractivity contribution in [2.75, 3.05) is 26.0 Å². The molecule has 204 valence electrons. The number of piperidine rings is 1. The molecule has 0 bridgehead atoms. The lowest BCUT2D eigenvalue weighted by Crippen LogP contribution is -2.51. The summed E-state index contributed by atoms with van der Waals surface area (Å²) in [6, 6.07) is 9.11. The van der Waals surface area contributed by atoms with Gasteiger partial charge in [0.15, 0.2) is 5.65 Å². The van der Waals surface area contributed by atoms with E-state index in [0.29, 0.717) is 48.2 Å². The number of halogens is 1. The zero-order valence-corrected chi connectivity index (χ0v) is 23.1. The van der Waals surface area contributed by atoms with Crippen LogP contribution in [0, 0.1) is 5.92 Å². The Labute approximate surface area is 221 Å². The maximum Gasteiger partial charge on any atom is 0.269 e. The van der Waals surface area contributed by atoms with Crippen LogP contribution in [-0.4, -0.2) is 72.2 Å². The number of nitrogens with zero attached hydrogens (tertiary/aromatic N) is 4. The molecule has 0 spiro atoms. The number of benzene rings is 1. The molecule has 2 N–H and O–H groups in total. The number of fused-ring (bicyclic) bond motifs is 3. The Kier molecular flexibility index (Phi) is 6.83. The molecule has 5 rings (SSSR count). The van der Waals surface area contributed by atoms with Crippen molar-refractivity contribution in [1.29, 1.82) is 0 Å². The molecule has 1 atom stereocenters. The second-order valence-corrected chi connectivity index (χ2v) is 14.0. The molecule has 1 aromatic carbocycles. The Hall–Kier alpha value is -2.87. The summed E-state index contributed by atoms with van der Waals surface area (Å²) in [5.41, 5.74) is 0.727. The van der Waals surface area contributed by atoms with Gasteiger partial charge in [0.1, 0.15) is 18.0 Å². The minimum absolute atomic E-state index is 0.0662. The molecule has 0 radical (unpaired) electrons. The fourth-order valence-electron chi connectivity index (χ4n) is 5.12. The lowest BCUT2D eigenvalue weighted by atomic mass is 9.87. The number of H-pyrrole nitrogens is 1. The molecule has 1 aliphatic heterocycles. The largest absolute Gasteiger partial charge is 0.339 e. The first-order chi connectivity index (χ1) is 17.9. The molecule has 38 heavy (non-hydrogen) atoms. The zero-order valence-electron chi connectivity index (χ0n) is 21.4. The lowest BCUT2D eigenvalue weighted by Gasteiger charge is -2.42. The third kappa shape index (κ3) is 4.95. The number of nitrogens with one attached hydrogen (secondary N) is 2. The van der Waals surface area contributed by atoms with Crippen molar-refractivity contribution < 1.29 is 21.2 Å². The van der Waals surface area contributed by atoms with E-state index < -0.39 is 38.3 Å². The molecule has 1 fully saturated rings. The zero-order chi connectivity index (χ0) is 27.3. The van der Waals surface area contributed by atoms with Gasteiger partial charge in [-0.25, -0.2) is 39.9 Å². The van der Waals surface area contributed by atoms with Gasteiger partial charge in [0.05, 0.1) is 28.9 Å². The fourth-order valence-corrected chi connectivity index (χ4v) is 7.21. The Morgan fingerprint density at radius 2 is 1.82 bits per heavy atom. The number of imidazole rings is 1. The number of sulfonamides is 1. The molecular weight excluding hydrogens is 531 g/mol. The maximum absolute atomic E-state index is 13.5. The number of aromatic amines is 1. The summed E-state index contributed by atoms with van der Waals surface area (Å²) >= 11 is 0. The molecule has 0 amide bonds. The molecule has 4 heterocycles. The quantitative estimate of drug-likeness (QED) is 0.337. The van der Waals surface area contributed by atoms with E-state index in [1.165, 1.54) is 24.5 Å². The first kappa shape index (κ1) is 26.7. The van der Waals surface area contributed by atoms with Gasteiger partial charge in [0.2, 0.25) is 10.0 Å². The van der Waals surface area contributed by atoms with E-state index in [9.17, 15) is 21.2 Å². The van der Waals surface area contributed by atoms with Gasteiger partial charge in [-0.15, -0.1) is 0 Å². The summed E-state index contributed by atoms with van der Waals surface area (Å²) in [4.78, 5) is 14.6. The second kappa shape index (κ2) is 9.70. The minimum atomic E-state index is -3.87. The van der Waals surface area contributed by atoms with Crippen LogP contribution in [0.25, 0.3) is 22.1 Å². The van der Waals surface area contributed by atoms with Gasteiger partial charge < -0.3 is 4.98 Å². The Balaban J connectivity index is 1.52. The molecule has 1 unspecified atom stereocenters. The fraction of sp³-hybridized carbons (Fsp3) is 0.440. The molecule has 0 aliphatic carbocycles. The van der Waals surface area contributed by atoms with Crippen LogP contribution in [0.4, 0.5) is 4.39 Å². The van der Waals surface area contributed by atoms with E-state index in [1.54, 1.807) is 24.3 Å². The monoisotopic (exact) mass is 562 g/mol. The predicted octanol–water partition coefficient (Wildman–Crippen LogP) is 3.20. The minimum Gasteiger partial charge on any atom is -0.339 e. The Morgan fingerprint density at radius 1 is 1.13 bits per heavy atom. The summed E-state index contributed by atoms with van der Waals surface area (Å²) < 4.78 is 68.5. The topological polar surface area (TPSA) is 130 Å². The van der Waals surface area contributed by atoms with E-state index in [2.05, 4.69) is 19.6 Å². The van der Waals surface area contributed by atoms with E-state index in [0.717, 1.165) is 10.2 Å². The first-order valence-corrected chi connectivity index (χ1v) is 15.7. The van der Waals surface area contributed by atoms with Crippen molar-refractivity contribution in [3.05, 3.63) is 54.6 Å². The van der Waals surface area contributed by atoms with Gasteiger partial charge >= 0.3 is 0 Å². The van der Waals surface area contributed by atoms with Crippen molar-refractivity contribution in [3.8, 4) is 0 Å². The average Bonchev–Trinajstić information content (AvgIpc) is 3.52. The highest BCUT2D eigenvalue weighted by molar-refractivity contribution is 7.90. The summed E-state index contributed by atoms with van der Waals surface area (Å²) in [6.07, 6.45) is 5.38. The maximum atomic E-state index is 13.5. The highest BCUT2D eigenvalue weighted by Gasteiger charge is 2.36. The Morgan fingerprint density at radius 3 is 2.45 bits per heavy atom. The van der Waals surface area contributed by atoms with E-state index >= 15 is 0 Å². The smallest absolute Gasteiger partial charge is 0.269 e. The summed E-state index contributed by atoms with van der Waals surface area (Å²) in [6.45, 7) is 4.53. The van der Waals surface area contributed by atoms with Crippen molar-refractivity contribution in [1.82, 2.24) is 28.5 Å². The normalized spacial score (nSPS) is 17.4. The number of alkyl halides is 1. The van der Waals surface area contributed by atoms with Crippen LogP contribution in [0.3, 0.4) is 0 Å². The van der Waals surface area contributed by atoms with Crippen LogP contribution in [0.5, 0.6) is 0 Å². The lowest BCUT2D eigenvalue weighted by molar-refractivity contribution is 0.0491. The van der Waals surface area contributed by atoms with Crippen molar-refractivity contribution >= 4 is 42.1 Å². The SMILES string of the molecule is CC(C)(CF)N1CCC(C(NS(C)(=O)=O)c2nc3c(cnc4c3ccn4S(=O)(=O)c3ccccc3)[nH]2)CC1.